The highest BCUT2D eigenvalue weighted by atomic mass is 35.5. The Bertz CT molecular complexity index is 420. The van der Waals surface area contributed by atoms with E-state index >= 15 is 0 Å². The van der Waals surface area contributed by atoms with Gasteiger partial charge in [-0.1, -0.05) is 35.3 Å². The zero-order valence-corrected chi connectivity index (χ0v) is 9.94. The van der Waals surface area contributed by atoms with E-state index in [0.29, 0.717) is 16.5 Å². The number of allylic oxidation sites excluding steroid dienone is 1. The van der Waals surface area contributed by atoms with Crippen molar-refractivity contribution in [2.24, 2.45) is 0 Å². The molecule has 78 valence electrons. The summed E-state index contributed by atoms with van der Waals surface area (Å²) in [7, 11) is 0. The third-order valence-electron chi connectivity index (χ3n) is 2.36. The molecule has 0 aliphatic rings. The number of nitriles is 1. The van der Waals surface area contributed by atoms with Crippen LogP contribution in [0.2, 0.25) is 10.0 Å². The van der Waals surface area contributed by atoms with Crippen LogP contribution in [0.3, 0.4) is 0 Å². The van der Waals surface area contributed by atoms with E-state index in [0.717, 1.165) is 5.56 Å². The summed E-state index contributed by atoms with van der Waals surface area (Å²) in [5, 5.41) is 10.1. The van der Waals surface area contributed by atoms with E-state index in [2.05, 4.69) is 12.6 Å². The van der Waals surface area contributed by atoms with Crippen molar-refractivity contribution in [2.45, 2.75) is 18.8 Å². The van der Waals surface area contributed by atoms with Gasteiger partial charge in [0.15, 0.2) is 0 Å². The van der Waals surface area contributed by atoms with E-state index in [9.17, 15) is 0 Å². The Morgan fingerprint density at radius 2 is 2.13 bits per heavy atom. The largest absolute Gasteiger partial charge is 0.197 e. The Labute approximate surface area is 99.9 Å². The fourth-order valence-corrected chi connectivity index (χ4v) is 1.65. The highest BCUT2D eigenvalue weighted by Crippen LogP contribution is 2.32. The lowest BCUT2D eigenvalue weighted by Crippen LogP contribution is -2.18. The second kappa shape index (κ2) is 4.70. The van der Waals surface area contributed by atoms with Gasteiger partial charge in [-0.05, 0) is 31.0 Å². The third-order valence-corrected chi connectivity index (χ3v) is 3.10. The van der Waals surface area contributed by atoms with Gasteiger partial charge in [0.25, 0.3) is 0 Å². The van der Waals surface area contributed by atoms with Gasteiger partial charge in [0.05, 0.1) is 21.5 Å². The van der Waals surface area contributed by atoms with Crippen molar-refractivity contribution in [3.63, 3.8) is 0 Å². The molecule has 1 unspecified atom stereocenters. The van der Waals surface area contributed by atoms with Crippen LogP contribution in [0.4, 0.5) is 0 Å². The second-order valence-electron chi connectivity index (χ2n) is 3.57. The van der Waals surface area contributed by atoms with Crippen molar-refractivity contribution >= 4 is 23.2 Å². The minimum Gasteiger partial charge on any atom is -0.197 e. The summed E-state index contributed by atoms with van der Waals surface area (Å²) in [4.78, 5) is 0. The highest BCUT2D eigenvalue weighted by Gasteiger charge is 2.25. The first-order valence-electron chi connectivity index (χ1n) is 4.51. The normalized spacial score (nSPS) is 14.0. The molecule has 0 radical (unpaired) electrons. The summed E-state index contributed by atoms with van der Waals surface area (Å²) < 4.78 is 0. The van der Waals surface area contributed by atoms with Crippen LogP contribution in [0.15, 0.2) is 30.9 Å². The molecule has 0 N–H and O–H groups in total. The Hall–Kier alpha value is -0.970. The predicted molar refractivity (Wildman–Crippen MR) is 64.2 cm³/mol. The molecule has 0 aliphatic carbocycles. The maximum atomic E-state index is 9.16. The molecular formula is C12H11Cl2N. The Kier molecular flexibility index (Phi) is 3.79. The molecule has 0 bridgehead atoms. The van der Waals surface area contributed by atoms with Crippen molar-refractivity contribution in [2.75, 3.05) is 0 Å². The Balaban J connectivity index is 3.20. The third kappa shape index (κ3) is 2.53. The molecule has 3 heteroatoms. The van der Waals surface area contributed by atoms with E-state index in [1.807, 2.05) is 13.0 Å². The molecule has 0 aliphatic heterocycles. The summed E-state index contributed by atoms with van der Waals surface area (Å²) in [5.41, 5.74) is 0.273. The van der Waals surface area contributed by atoms with Crippen LogP contribution < -0.4 is 0 Å². The van der Waals surface area contributed by atoms with Crippen LogP contribution in [-0.4, -0.2) is 0 Å². The van der Waals surface area contributed by atoms with Gasteiger partial charge in [-0.2, -0.15) is 5.26 Å². The zero-order chi connectivity index (χ0) is 11.5. The fraction of sp³-hybridized carbons (Fsp3) is 0.250. The summed E-state index contributed by atoms with van der Waals surface area (Å²) in [6, 6.07) is 7.53. The number of hydrogen-bond donors (Lipinski definition) is 0. The number of rotatable bonds is 3. The molecular weight excluding hydrogens is 229 g/mol. The number of benzene rings is 1. The molecule has 0 spiro atoms. The van der Waals surface area contributed by atoms with Crippen LogP contribution in [-0.2, 0) is 5.41 Å². The van der Waals surface area contributed by atoms with Gasteiger partial charge in [0, 0.05) is 0 Å². The van der Waals surface area contributed by atoms with Crippen molar-refractivity contribution < 1.29 is 0 Å². The van der Waals surface area contributed by atoms with Gasteiger partial charge in [-0.25, -0.2) is 0 Å². The lowest BCUT2D eigenvalue weighted by Gasteiger charge is -2.20. The van der Waals surface area contributed by atoms with Crippen molar-refractivity contribution in [3.05, 3.63) is 46.5 Å². The molecule has 0 heterocycles. The first-order valence-corrected chi connectivity index (χ1v) is 5.27. The lowest BCUT2D eigenvalue weighted by molar-refractivity contribution is 0.622. The van der Waals surface area contributed by atoms with Crippen LogP contribution in [0, 0.1) is 11.3 Å². The van der Waals surface area contributed by atoms with Crippen molar-refractivity contribution in [3.8, 4) is 6.07 Å². The molecule has 1 aromatic carbocycles. The van der Waals surface area contributed by atoms with E-state index < -0.39 is 5.41 Å². The zero-order valence-electron chi connectivity index (χ0n) is 8.43. The average Bonchev–Trinajstić information content (AvgIpc) is 2.22. The van der Waals surface area contributed by atoms with Gasteiger partial charge in [0.1, 0.15) is 0 Å². The summed E-state index contributed by atoms with van der Waals surface area (Å²) in [6.07, 6.45) is 2.31. The first-order chi connectivity index (χ1) is 7.03. The molecule has 0 fully saturated rings. The van der Waals surface area contributed by atoms with Crippen molar-refractivity contribution in [1.29, 1.82) is 5.26 Å². The van der Waals surface area contributed by atoms with Crippen LogP contribution in [0.25, 0.3) is 0 Å². The van der Waals surface area contributed by atoms with E-state index in [4.69, 9.17) is 28.5 Å². The molecule has 1 rings (SSSR count). The summed E-state index contributed by atoms with van der Waals surface area (Å²) in [5.74, 6) is 0. The Morgan fingerprint density at radius 1 is 1.47 bits per heavy atom. The topological polar surface area (TPSA) is 23.8 Å². The van der Waals surface area contributed by atoms with Crippen LogP contribution in [0.1, 0.15) is 18.9 Å². The monoisotopic (exact) mass is 239 g/mol. The molecule has 1 aromatic rings. The molecule has 15 heavy (non-hydrogen) atoms. The van der Waals surface area contributed by atoms with E-state index in [1.165, 1.54) is 0 Å². The van der Waals surface area contributed by atoms with Gasteiger partial charge >= 0.3 is 0 Å². The lowest BCUT2D eigenvalue weighted by atomic mass is 9.81. The summed E-state index contributed by atoms with van der Waals surface area (Å²) >= 11 is 11.7. The molecule has 1 nitrogen and oxygen atoms in total. The first kappa shape index (κ1) is 12.1. The highest BCUT2D eigenvalue weighted by molar-refractivity contribution is 6.42. The predicted octanol–water partition coefficient (Wildman–Crippen LogP) is 4.35. The van der Waals surface area contributed by atoms with Gasteiger partial charge in [-0.15, -0.1) is 6.58 Å². The quantitative estimate of drug-likeness (QED) is 0.720. The maximum Gasteiger partial charge on any atom is 0.0829 e. The van der Waals surface area contributed by atoms with Gasteiger partial charge in [0.2, 0.25) is 0 Å². The van der Waals surface area contributed by atoms with Gasteiger partial charge < -0.3 is 0 Å². The molecule has 1 atom stereocenters. The van der Waals surface area contributed by atoms with Crippen molar-refractivity contribution in [1.82, 2.24) is 0 Å². The number of halogens is 2. The standard InChI is InChI=1S/C12H11Cl2N/c1-3-6-12(2,8-15)9-4-5-10(13)11(14)7-9/h3-5,7H,1,6H2,2H3. The molecule has 0 amide bonds. The number of hydrogen-bond acceptors (Lipinski definition) is 1. The minimum absolute atomic E-state index is 0.472. The smallest absolute Gasteiger partial charge is 0.0829 e. The van der Waals surface area contributed by atoms with Crippen LogP contribution in [0.5, 0.6) is 0 Å². The Morgan fingerprint density at radius 3 is 2.60 bits per heavy atom. The second-order valence-corrected chi connectivity index (χ2v) is 4.38. The molecule has 0 saturated carbocycles. The van der Waals surface area contributed by atoms with E-state index in [-0.39, 0.29) is 0 Å². The van der Waals surface area contributed by atoms with E-state index in [1.54, 1.807) is 18.2 Å². The SMILES string of the molecule is C=CCC(C)(C#N)c1ccc(Cl)c(Cl)c1. The average molecular weight is 240 g/mol. The summed E-state index contributed by atoms with van der Waals surface area (Å²) in [6.45, 7) is 5.50. The maximum absolute atomic E-state index is 9.16. The van der Waals surface area contributed by atoms with Crippen LogP contribution >= 0.6 is 23.2 Å². The number of nitrogens with zero attached hydrogens (tertiary/aromatic N) is 1. The van der Waals surface area contributed by atoms with Gasteiger partial charge in [-0.3, -0.25) is 0 Å². The molecule has 0 saturated heterocycles. The molecule has 0 aromatic heterocycles. The fourth-order valence-electron chi connectivity index (χ4n) is 1.36. The minimum atomic E-state index is -0.587.